The number of hydrogen-bond acceptors (Lipinski definition) is 6. The van der Waals surface area contributed by atoms with Crippen molar-refractivity contribution in [1.29, 1.82) is 0 Å². The maximum Gasteiger partial charge on any atom is 0.344 e. The normalized spacial score (nSPS) is 13.8. The minimum absolute atomic E-state index is 0.0405. The summed E-state index contributed by atoms with van der Waals surface area (Å²) in [6, 6.07) is 26.2. The average molecular weight is 501 g/mol. The highest BCUT2D eigenvalue weighted by Crippen LogP contribution is 2.63. The third-order valence-electron chi connectivity index (χ3n) is 5.81. The molecule has 8 heteroatoms. The lowest BCUT2D eigenvalue weighted by atomic mass is 10.0. The molecule has 6 nitrogen and oxygen atoms in total. The third-order valence-corrected chi connectivity index (χ3v) is 10.2. The van der Waals surface area contributed by atoms with Crippen LogP contribution in [-0.2, 0) is 41.5 Å². The number of benzene rings is 3. The number of sulfone groups is 1. The summed E-state index contributed by atoms with van der Waals surface area (Å²) in [5.74, 6) is -0.833. The van der Waals surface area contributed by atoms with E-state index in [1.165, 1.54) is 26.0 Å². The molecule has 0 N–H and O–H groups in total. The van der Waals surface area contributed by atoms with Gasteiger partial charge < -0.3 is 9.05 Å². The van der Waals surface area contributed by atoms with Crippen LogP contribution in [0.25, 0.3) is 0 Å². The van der Waals surface area contributed by atoms with Gasteiger partial charge in [0.15, 0.2) is 9.84 Å². The van der Waals surface area contributed by atoms with Gasteiger partial charge in [0, 0.05) is 0 Å². The Morgan fingerprint density at radius 2 is 1.21 bits per heavy atom. The molecule has 3 aromatic carbocycles. The fraction of sp³-hybridized carbons (Fsp3) is 0.269. The SMILES string of the molecule is CC(=O)[C@](C)(CCS(=O)(=O)c1ccccc1)P(=O)(OCc1ccccc1)OCc1ccccc1. The Morgan fingerprint density at radius 1 is 0.794 bits per heavy atom. The van der Waals surface area contributed by atoms with Crippen LogP contribution in [0.4, 0.5) is 0 Å². The lowest BCUT2D eigenvalue weighted by molar-refractivity contribution is -0.119. The zero-order valence-corrected chi connectivity index (χ0v) is 21.0. The summed E-state index contributed by atoms with van der Waals surface area (Å²) in [7, 11) is -7.83. The molecule has 3 aromatic rings. The van der Waals surface area contributed by atoms with Crippen molar-refractivity contribution in [2.75, 3.05) is 5.75 Å². The molecule has 0 aliphatic carbocycles. The Morgan fingerprint density at radius 3 is 1.62 bits per heavy atom. The lowest BCUT2D eigenvalue weighted by Gasteiger charge is -2.34. The number of carbonyl (C=O) groups is 1. The fourth-order valence-corrected chi connectivity index (χ4v) is 7.06. The average Bonchev–Trinajstić information content (AvgIpc) is 2.86. The first kappa shape index (κ1) is 26.0. The summed E-state index contributed by atoms with van der Waals surface area (Å²) in [5.41, 5.74) is 1.52. The van der Waals surface area contributed by atoms with Crippen molar-refractivity contribution in [3.8, 4) is 0 Å². The molecule has 0 aliphatic heterocycles. The Kier molecular flexibility index (Phi) is 8.61. The minimum atomic E-state index is -4.12. The molecule has 180 valence electrons. The highest BCUT2D eigenvalue weighted by atomic mass is 32.2. The smallest absolute Gasteiger partial charge is 0.303 e. The number of hydrogen-bond donors (Lipinski definition) is 0. The van der Waals surface area contributed by atoms with E-state index < -0.39 is 28.4 Å². The van der Waals surface area contributed by atoms with Crippen LogP contribution in [0, 0.1) is 0 Å². The first-order chi connectivity index (χ1) is 16.2. The first-order valence-corrected chi connectivity index (χ1v) is 14.1. The van der Waals surface area contributed by atoms with Crippen molar-refractivity contribution in [2.45, 2.75) is 43.5 Å². The van der Waals surface area contributed by atoms with Gasteiger partial charge in [-0.2, -0.15) is 0 Å². The van der Waals surface area contributed by atoms with Crippen LogP contribution in [-0.4, -0.2) is 25.1 Å². The van der Waals surface area contributed by atoms with Crippen molar-refractivity contribution >= 4 is 23.2 Å². The molecule has 0 saturated carbocycles. The molecular weight excluding hydrogens is 471 g/mol. The molecule has 1 atom stereocenters. The van der Waals surface area contributed by atoms with Crippen molar-refractivity contribution in [3.63, 3.8) is 0 Å². The van der Waals surface area contributed by atoms with E-state index in [9.17, 15) is 17.8 Å². The Hall–Kier alpha value is -2.57. The van der Waals surface area contributed by atoms with Crippen molar-refractivity contribution in [3.05, 3.63) is 102 Å². The molecule has 0 saturated heterocycles. The van der Waals surface area contributed by atoms with Crippen molar-refractivity contribution in [1.82, 2.24) is 0 Å². The second-order valence-corrected chi connectivity index (χ2v) is 12.8. The molecule has 0 bridgehead atoms. The van der Waals surface area contributed by atoms with E-state index >= 15 is 0 Å². The summed E-state index contributed by atoms with van der Waals surface area (Å²) in [4.78, 5) is 13.0. The van der Waals surface area contributed by atoms with Crippen LogP contribution in [0.15, 0.2) is 95.9 Å². The second-order valence-electron chi connectivity index (χ2n) is 8.23. The molecule has 3 rings (SSSR count). The van der Waals surface area contributed by atoms with E-state index in [1.54, 1.807) is 18.2 Å². The molecular formula is C26H29O6PS. The van der Waals surface area contributed by atoms with Gasteiger partial charge in [-0.25, -0.2) is 8.42 Å². The molecule has 0 aliphatic rings. The zero-order chi connectivity index (χ0) is 24.7. The van der Waals surface area contributed by atoms with E-state index in [0.29, 0.717) is 0 Å². The molecule has 0 radical (unpaired) electrons. The van der Waals surface area contributed by atoms with Gasteiger partial charge in [-0.3, -0.25) is 9.36 Å². The Labute approximate surface area is 201 Å². The van der Waals surface area contributed by atoms with Gasteiger partial charge in [0.25, 0.3) is 0 Å². The standard InChI is InChI=1S/C26H29O6PS/c1-22(27)26(2,18-19-34(29,30)25-16-10-5-11-17-25)33(28,31-20-23-12-6-3-7-13-23)32-21-24-14-8-4-9-15-24/h3-17H,18-21H2,1-2H3/t26-/m0/s1. The topological polar surface area (TPSA) is 86.7 Å². The van der Waals surface area contributed by atoms with Gasteiger partial charge in [0.05, 0.1) is 23.9 Å². The molecule has 0 amide bonds. The Bertz CT molecular complexity index is 1180. The van der Waals surface area contributed by atoms with Crippen molar-refractivity contribution < 1.29 is 26.8 Å². The predicted molar refractivity (Wildman–Crippen MR) is 132 cm³/mol. The van der Waals surface area contributed by atoms with Crippen molar-refractivity contribution in [2.24, 2.45) is 0 Å². The van der Waals surface area contributed by atoms with Gasteiger partial charge in [0.2, 0.25) is 0 Å². The number of rotatable bonds is 12. The van der Waals surface area contributed by atoms with Crippen LogP contribution >= 0.6 is 7.60 Å². The van der Waals surface area contributed by atoms with E-state index in [0.717, 1.165) is 11.1 Å². The summed E-state index contributed by atoms with van der Waals surface area (Å²) in [5, 5.41) is -1.65. The third kappa shape index (κ3) is 6.30. The van der Waals surface area contributed by atoms with Gasteiger partial charge in [-0.1, -0.05) is 78.9 Å². The maximum atomic E-state index is 14.2. The zero-order valence-electron chi connectivity index (χ0n) is 19.3. The minimum Gasteiger partial charge on any atom is -0.303 e. The van der Waals surface area contributed by atoms with E-state index in [-0.39, 0.29) is 30.3 Å². The number of carbonyl (C=O) groups excluding carboxylic acids is 1. The molecule has 0 aromatic heterocycles. The van der Waals surface area contributed by atoms with Crippen LogP contribution in [0.5, 0.6) is 0 Å². The predicted octanol–water partition coefficient (Wildman–Crippen LogP) is 5.82. The molecule has 34 heavy (non-hydrogen) atoms. The summed E-state index contributed by atoms with van der Waals surface area (Å²) < 4.78 is 51.7. The quantitative estimate of drug-likeness (QED) is 0.291. The monoisotopic (exact) mass is 500 g/mol. The lowest BCUT2D eigenvalue weighted by Crippen LogP contribution is -2.37. The Balaban J connectivity index is 1.89. The summed E-state index contributed by atoms with van der Waals surface area (Å²) >= 11 is 0. The van der Waals surface area contributed by atoms with Gasteiger partial charge in [0.1, 0.15) is 10.9 Å². The van der Waals surface area contributed by atoms with Crippen LogP contribution in [0.2, 0.25) is 0 Å². The largest absolute Gasteiger partial charge is 0.344 e. The fourth-order valence-electron chi connectivity index (χ4n) is 3.37. The summed E-state index contributed by atoms with van der Waals surface area (Å²) in [6.07, 6.45) is -0.208. The first-order valence-electron chi connectivity index (χ1n) is 10.9. The number of Topliss-reactive ketones (excluding diaryl/α,β-unsaturated/α-hetero) is 1. The number of ketones is 1. The van der Waals surface area contributed by atoms with Crippen LogP contribution in [0.3, 0.4) is 0 Å². The van der Waals surface area contributed by atoms with Gasteiger partial charge in [-0.05, 0) is 43.5 Å². The molecule has 0 heterocycles. The van der Waals surface area contributed by atoms with E-state index in [4.69, 9.17) is 9.05 Å². The van der Waals surface area contributed by atoms with Gasteiger partial charge in [-0.15, -0.1) is 0 Å². The second kappa shape index (κ2) is 11.2. The van der Waals surface area contributed by atoms with E-state index in [2.05, 4.69) is 0 Å². The highest BCUT2D eigenvalue weighted by molar-refractivity contribution is 7.91. The van der Waals surface area contributed by atoms with Crippen LogP contribution in [0.1, 0.15) is 31.4 Å². The molecule has 0 unspecified atom stereocenters. The van der Waals surface area contributed by atoms with Gasteiger partial charge >= 0.3 is 7.60 Å². The van der Waals surface area contributed by atoms with Crippen LogP contribution < -0.4 is 0 Å². The highest BCUT2D eigenvalue weighted by Gasteiger charge is 2.51. The van der Waals surface area contributed by atoms with E-state index in [1.807, 2.05) is 60.7 Å². The molecule has 0 fully saturated rings. The molecule has 0 spiro atoms. The summed E-state index contributed by atoms with van der Waals surface area (Å²) in [6.45, 7) is 2.68. The maximum absolute atomic E-state index is 14.2.